The van der Waals surface area contributed by atoms with E-state index in [4.69, 9.17) is 9.47 Å². The Morgan fingerprint density at radius 3 is 2.47 bits per heavy atom. The van der Waals surface area contributed by atoms with Gasteiger partial charge >= 0.3 is 18.3 Å². The number of benzene rings is 1. The molecule has 1 N–H and O–H groups in total. The molecule has 0 unspecified atom stereocenters. The summed E-state index contributed by atoms with van der Waals surface area (Å²) in [6.45, 7) is 5.36. The summed E-state index contributed by atoms with van der Waals surface area (Å²) in [4.78, 5) is 38.6. The van der Waals surface area contributed by atoms with E-state index in [1.807, 2.05) is 0 Å². The molecule has 2 aromatic rings. The number of amides is 1. The van der Waals surface area contributed by atoms with Crippen molar-refractivity contribution in [2.75, 3.05) is 11.9 Å². The molecular formula is C23H24F3NO6S. The number of anilines is 1. The number of carbonyl (C=O) groups excluding carboxylic acids is 3. The molecule has 1 aliphatic carbocycles. The van der Waals surface area contributed by atoms with E-state index in [9.17, 15) is 27.6 Å². The van der Waals surface area contributed by atoms with E-state index in [-0.39, 0.29) is 12.2 Å². The molecule has 7 nitrogen and oxygen atoms in total. The van der Waals surface area contributed by atoms with Crippen LogP contribution in [0, 0.1) is 5.92 Å². The van der Waals surface area contributed by atoms with Gasteiger partial charge in [0.05, 0.1) is 17.7 Å². The summed E-state index contributed by atoms with van der Waals surface area (Å²) in [6, 6.07) is 4.14. The van der Waals surface area contributed by atoms with Crippen LogP contribution in [0.25, 0.3) is 0 Å². The molecule has 2 atom stereocenters. The molecule has 0 saturated carbocycles. The molecule has 1 amide bonds. The maximum Gasteiger partial charge on any atom is 0.573 e. The Kier molecular flexibility index (Phi) is 7.86. The fourth-order valence-corrected chi connectivity index (χ4v) is 4.95. The normalized spacial score (nSPS) is 16.2. The molecule has 0 fully saturated rings. The first-order chi connectivity index (χ1) is 16.0. The number of ether oxygens (including phenoxy) is 3. The van der Waals surface area contributed by atoms with Crippen LogP contribution in [0.1, 0.15) is 58.3 Å². The van der Waals surface area contributed by atoms with Crippen molar-refractivity contribution in [2.45, 2.75) is 52.5 Å². The second kappa shape index (κ2) is 10.5. The molecule has 11 heteroatoms. The van der Waals surface area contributed by atoms with E-state index < -0.39 is 36.1 Å². The molecule has 0 aliphatic heterocycles. The number of hydrogen-bond acceptors (Lipinski definition) is 7. The summed E-state index contributed by atoms with van der Waals surface area (Å²) in [5.74, 6) is -2.10. The minimum Gasteiger partial charge on any atom is -0.462 e. The third-order valence-corrected chi connectivity index (χ3v) is 6.37. The van der Waals surface area contributed by atoms with Crippen molar-refractivity contribution in [3.8, 4) is 5.75 Å². The number of carbonyl (C=O) groups is 3. The van der Waals surface area contributed by atoms with Crippen molar-refractivity contribution in [3.63, 3.8) is 0 Å². The van der Waals surface area contributed by atoms with Gasteiger partial charge in [-0.2, -0.15) is 0 Å². The van der Waals surface area contributed by atoms with Gasteiger partial charge in [0.25, 0.3) is 5.91 Å². The van der Waals surface area contributed by atoms with Gasteiger partial charge in [0.1, 0.15) is 10.8 Å². The molecule has 1 aromatic carbocycles. The largest absolute Gasteiger partial charge is 0.573 e. The van der Waals surface area contributed by atoms with Crippen LogP contribution in [0.15, 0.2) is 24.3 Å². The quantitative estimate of drug-likeness (QED) is 0.531. The zero-order valence-corrected chi connectivity index (χ0v) is 19.6. The maximum absolute atomic E-state index is 12.7. The number of hydrogen-bond donors (Lipinski definition) is 1. The summed E-state index contributed by atoms with van der Waals surface area (Å²) in [6.07, 6.45) is -3.66. The van der Waals surface area contributed by atoms with Crippen LogP contribution in [0.3, 0.4) is 0 Å². The van der Waals surface area contributed by atoms with E-state index in [1.54, 1.807) is 6.92 Å². The Balaban J connectivity index is 1.69. The minimum atomic E-state index is -4.85. The van der Waals surface area contributed by atoms with Gasteiger partial charge in [0.2, 0.25) is 0 Å². The van der Waals surface area contributed by atoms with Crippen molar-refractivity contribution >= 4 is 34.2 Å². The number of halogens is 3. The van der Waals surface area contributed by atoms with Gasteiger partial charge in [-0.3, -0.25) is 4.79 Å². The highest BCUT2D eigenvalue weighted by molar-refractivity contribution is 7.17. The standard InChI is InChI=1S/C23H24F3NO6S/c1-4-31-22(30)18-16-10-5-12(2)11-17(16)34-20(18)27-19(28)13(3)32-21(29)14-6-8-15(9-7-14)33-23(24,25)26/h6-9,12-13H,4-5,10-11H2,1-3H3,(H,27,28)/t12-,13+/m1/s1. The maximum atomic E-state index is 12.7. The third-order valence-electron chi connectivity index (χ3n) is 5.20. The lowest BCUT2D eigenvalue weighted by Crippen LogP contribution is -2.30. The highest BCUT2D eigenvalue weighted by Crippen LogP contribution is 2.40. The van der Waals surface area contributed by atoms with Gasteiger partial charge in [0.15, 0.2) is 6.10 Å². The van der Waals surface area contributed by atoms with E-state index in [0.717, 1.165) is 47.5 Å². The first-order valence-electron chi connectivity index (χ1n) is 10.7. The van der Waals surface area contributed by atoms with E-state index >= 15 is 0 Å². The topological polar surface area (TPSA) is 90.9 Å². The molecule has 0 saturated heterocycles. The van der Waals surface area contributed by atoms with E-state index in [0.29, 0.717) is 22.9 Å². The summed E-state index contributed by atoms with van der Waals surface area (Å²) < 4.78 is 50.9. The van der Waals surface area contributed by atoms with Crippen LogP contribution in [-0.4, -0.2) is 36.9 Å². The van der Waals surface area contributed by atoms with Gasteiger partial charge in [0, 0.05) is 4.88 Å². The van der Waals surface area contributed by atoms with Crippen LogP contribution >= 0.6 is 11.3 Å². The number of fused-ring (bicyclic) bond motifs is 1. The fraction of sp³-hybridized carbons (Fsp3) is 0.435. The van der Waals surface area contributed by atoms with Crippen LogP contribution in [0.4, 0.5) is 18.2 Å². The van der Waals surface area contributed by atoms with E-state index in [1.165, 1.54) is 18.3 Å². The Labute approximate surface area is 198 Å². The Morgan fingerprint density at radius 1 is 1.18 bits per heavy atom. The third kappa shape index (κ3) is 6.28. The van der Waals surface area contributed by atoms with Gasteiger partial charge in [-0.1, -0.05) is 6.92 Å². The summed E-state index contributed by atoms with van der Waals surface area (Å²) in [5.41, 5.74) is 1.16. The second-order valence-electron chi connectivity index (χ2n) is 7.89. The Morgan fingerprint density at radius 2 is 1.85 bits per heavy atom. The number of alkyl halides is 3. The fourth-order valence-electron chi connectivity index (χ4n) is 3.55. The Hall–Kier alpha value is -3.08. The lowest BCUT2D eigenvalue weighted by atomic mass is 9.88. The highest BCUT2D eigenvalue weighted by Gasteiger charge is 2.32. The highest BCUT2D eigenvalue weighted by atomic mass is 32.1. The van der Waals surface area contributed by atoms with Crippen LogP contribution in [-0.2, 0) is 27.1 Å². The average Bonchev–Trinajstić information content (AvgIpc) is 3.09. The average molecular weight is 500 g/mol. The minimum absolute atomic E-state index is 0.0537. The van der Waals surface area contributed by atoms with Crippen molar-refractivity contribution in [3.05, 3.63) is 45.8 Å². The smallest absolute Gasteiger partial charge is 0.462 e. The van der Waals surface area contributed by atoms with Crippen molar-refractivity contribution < 1.29 is 41.8 Å². The van der Waals surface area contributed by atoms with Crippen molar-refractivity contribution in [1.29, 1.82) is 0 Å². The molecule has 1 aromatic heterocycles. The number of thiophene rings is 1. The molecule has 3 rings (SSSR count). The number of esters is 2. The molecule has 0 bridgehead atoms. The zero-order chi connectivity index (χ0) is 25.0. The molecule has 0 radical (unpaired) electrons. The molecule has 0 spiro atoms. The van der Waals surface area contributed by atoms with Gasteiger partial charge < -0.3 is 19.5 Å². The van der Waals surface area contributed by atoms with Crippen molar-refractivity contribution in [2.24, 2.45) is 5.92 Å². The lowest BCUT2D eigenvalue weighted by Gasteiger charge is -2.18. The summed E-state index contributed by atoms with van der Waals surface area (Å²) in [7, 11) is 0. The van der Waals surface area contributed by atoms with Gasteiger partial charge in [-0.05, 0) is 68.9 Å². The van der Waals surface area contributed by atoms with E-state index in [2.05, 4.69) is 17.0 Å². The SMILES string of the molecule is CCOC(=O)c1c(NC(=O)[C@H](C)OC(=O)c2ccc(OC(F)(F)F)cc2)sc2c1CC[C@@H](C)C2. The monoisotopic (exact) mass is 499 g/mol. The molecule has 34 heavy (non-hydrogen) atoms. The van der Waals surface area contributed by atoms with Crippen LogP contribution in [0.5, 0.6) is 5.75 Å². The van der Waals surface area contributed by atoms with Crippen molar-refractivity contribution in [1.82, 2.24) is 0 Å². The molecule has 184 valence electrons. The predicted octanol–water partition coefficient (Wildman–Crippen LogP) is 5.13. The first-order valence-corrected chi connectivity index (χ1v) is 11.5. The zero-order valence-electron chi connectivity index (χ0n) is 18.8. The van der Waals surface area contributed by atoms with Crippen LogP contribution in [0.2, 0.25) is 0 Å². The molecule has 1 heterocycles. The number of rotatable bonds is 7. The predicted molar refractivity (Wildman–Crippen MR) is 118 cm³/mol. The molecular weight excluding hydrogens is 475 g/mol. The van der Waals surface area contributed by atoms with Gasteiger partial charge in [-0.15, -0.1) is 24.5 Å². The second-order valence-corrected chi connectivity index (χ2v) is 8.99. The summed E-state index contributed by atoms with van der Waals surface area (Å²) in [5, 5.41) is 3.02. The van der Waals surface area contributed by atoms with Crippen LogP contribution < -0.4 is 10.1 Å². The molecule has 1 aliphatic rings. The lowest BCUT2D eigenvalue weighted by molar-refractivity contribution is -0.274. The Bertz CT molecular complexity index is 1060. The first kappa shape index (κ1) is 25.5. The van der Waals surface area contributed by atoms with Gasteiger partial charge in [-0.25, -0.2) is 9.59 Å². The number of nitrogens with one attached hydrogen (secondary N) is 1. The summed E-state index contributed by atoms with van der Waals surface area (Å²) >= 11 is 1.31.